The molecule has 0 saturated heterocycles. The number of likely N-dealkylation sites (N-methyl/N-ethyl adjacent to an activating group) is 1. The summed E-state index contributed by atoms with van der Waals surface area (Å²) in [7, 11) is 6.17. The summed E-state index contributed by atoms with van der Waals surface area (Å²) < 4.78 is 5.70. The number of esters is 1. The van der Waals surface area contributed by atoms with Crippen LogP contribution in [0.25, 0.3) is 0 Å². The van der Waals surface area contributed by atoms with Gasteiger partial charge in [-0.3, -0.25) is 4.79 Å². The summed E-state index contributed by atoms with van der Waals surface area (Å²) in [4.78, 5) is 11.7. The van der Waals surface area contributed by atoms with E-state index < -0.39 is 6.10 Å². The van der Waals surface area contributed by atoms with Crippen LogP contribution >= 0.6 is 0 Å². The molecule has 5 heteroatoms. The Labute approximate surface area is 110 Å². The average molecular weight is 266 g/mol. The summed E-state index contributed by atoms with van der Waals surface area (Å²) >= 11 is 0. The summed E-state index contributed by atoms with van der Waals surface area (Å²) in [6.07, 6.45) is 2.13. The number of rotatable bonds is 3. The van der Waals surface area contributed by atoms with Crippen LogP contribution in [-0.4, -0.2) is 55.5 Å². The summed E-state index contributed by atoms with van der Waals surface area (Å²) in [5.41, 5.74) is 0. The minimum Gasteiger partial charge on any atom is -1.00 e. The Bertz CT molecular complexity index is 253. The van der Waals surface area contributed by atoms with Gasteiger partial charge in [-0.2, -0.15) is 0 Å². The van der Waals surface area contributed by atoms with E-state index in [0.29, 0.717) is 11.1 Å². The van der Waals surface area contributed by atoms with Crippen LogP contribution in [0.1, 0.15) is 26.2 Å². The average Bonchev–Trinajstić information content (AvgIpc) is 2.16. The second-order valence-corrected chi connectivity index (χ2v) is 5.46. The Kier molecular flexibility index (Phi) is 6.45. The van der Waals surface area contributed by atoms with E-state index in [0.717, 1.165) is 19.3 Å². The molecule has 102 valence electrons. The van der Waals surface area contributed by atoms with Crippen molar-refractivity contribution >= 4 is 5.97 Å². The molecule has 0 amide bonds. The molecular formula is C12H24ClNO3. The lowest BCUT2D eigenvalue weighted by atomic mass is 9.81. The molecular weight excluding hydrogens is 242 g/mol. The number of carbonyl (C=O) groups is 1. The van der Waals surface area contributed by atoms with E-state index in [4.69, 9.17) is 4.74 Å². The van der Waals surface area contributed by atoms with Crippen molar-refractivity contribution < 1.29 is 31.5 Å². The van der Waals surface area contributed by atoms with E-state index in [2.05, 4.69) is 21.1 Å². The summed E-state index contributed by atoms with van der Waals surface area (Å²) in [6, 6.07) is 0.128. The fourth-order valence-corrected chi connectivity index (χ4v) is 2.51. The van der Waals surface area contributed by atoms with Gasteiger partial charge in [-0.05, 0) is 19.8 Å². The number of aliphatic hydroxyl groups is 1. The van der Waals surface area contributed by atoms with Crippen molar-refractivity contribution in [2.24, 2.45) is 5.92 Å². The molecule has 0 aliphatic heterocycles. The number of hydrogen-bond acceptors (Lipinski definition) is 3. The van der Waals surface area contributed by atoms with Gasteiger partial charge in [0.1, 0.15) is 12.1 Å². The number of aliphatic hydroxyl groups excluding tert-OH is 1. The van der Waals surface area contributed by atoms with E-state index in [1.165, 1.54) is 0 Å². The van der Waals surface area contributed by atoms with Gasteiger partial charge in [-0.25, -0.2) is 0 Å². The SMILES string of the molecule is CCOC(=O)[C@@H]1CCC[C@@H]([N+](C)(C)C)[C@@H]1O.[Cl-]. The molecule has 1 fully saturated rings. The highest BCUT2D eigenvalue weighted by Crippen LogP contribution is 2.30. The predicted octanol–water partition coefficient (Wildman–Crippen LogP) is -2.21. The van der Waals surface area contributed by atoms with Gasteiger partial charge in [0.2, 0.25) is 0 Å². The van der Waals surface area contributed by atoms with Crippen LogP contribution in [-0.2, 0) is 9.53 Å². The fourth-order valence-electron chi connectivity index (χ4n) is 2.51. The van der Waals surface area contributed by atoms with Crippen molar-refractivity contribution in [2.75, 3.05) is 27.7 Å². The van der Waals surface area contributed by atoms with Crippen molar-refractivity contribution in [1.29, 1.82) is 0 Å². The van der Waals surface area contributed by atoms with Crippen molar-refractivity contribution in [3.8, 4) is 0 Å². The topological polar surface area (TPSA) is 46.5 Å². The number of ether oxygens (including phenoxy) is 1. The van der Waals surface area contributed by atoms with Gasteiger partial charge < -0.3 is 26.7 Å². The van der Waals surface area contributed by atoms with Crippen LogP contribution in [0.15, 0.2) is 0 Å². The van der Waals surface area contributed by atoms with E-state index in [1.54, 1.807) is 6.92 Å². The highest BCUT2D eigenvalue weighted by atomic mass is 35.5. The second-order valence-electron chi connectivity index (χ2n) is 5.46. The fraction of sp³-hybridized carbons (Fsp3) is 0.917. The standard InChI is InChI=1S/C12H24NO3.ClH/c1-5-16-12(15)9-7-6-8-10(11(9)14)13(2,3)4;/h9-11,14H,5-8H2,1-4H3;1H/q+1;/p-1/t9-,10-,11-;/m1./s1. The lowest BCUT2D eigenvalue weighted by molar-refractivity contribution is -0.901. The maximum Gasteiger partial charge on any atom is 0.311 e. The molecule has 1 rings (SSSR count). The van der Waals surface area contributed by atoms with Crippen molar-refractivity contribution in [1.82, 2.24) is 0 Å². The maximum absolute atomic E-state index is 11.7. The van der Waals surface area contributed by atoms with Gasteiger partial charge in [-0.1, -0.05) is 0 Å². The van der Waals surface area contributed by atoms with E-state index in [-0.39, 0.29) is 30.3 Å². The quantitative estimate of drug-likeness (QED) is 0.465. The van der Waals surface area contributed by atoms with Gasteiger partial charge in [0.25, 0.3) is 0 Å². The normalized spacial score (nSPS) is 29.4. The summed E-state index contributed by atoms with van der Waals surface area (Å²) in [5, 5.41) is 10.2. The lowest BCUT2D eigenvalue weighted by Crippen LogP contribution is -3.00. The van der Waals surface area contributed by atoms with Gasteiger partial charge in [-0.15, -0.1) is 0 Å². The zero-order valence-electron chi connectivity index (χ0n) is 11.1. The molecule has 1 aliphatic rings. The highest BCUT2D eigenvalue weighted by molar-refractivity contribution is 5.73. The monoisotopic (exact) mass is 265 g/mol. The first-order chi connectivity index (χ1) is 7.38. The minimum atomic E-state index is -0.576. The Morgan fingerprint density at radius 1 is 1.35 bits per heavy atom. The molecule has 0 aromatic carbocycles. The number of quaternary nitrogens is 1. The van der Waals surface area contributed by atoms with Crippen molar-refractivity contribution in [2.45, 2.75) is 38.3 Å². The number of halogens is 1. The molecule has 1 N–H and O–H groups in total. The summed E-state index contributed by atoms with van der Waals surface area (Å²) in [5.74, 6) is -0.579. The third kappa shape index (κ3) is 4.12. The Morgan fingerprint density at radius 2 is 1.94 bits per heavy atom. The Hall–Kier alpha value is -0.320. The molecule has 0 bridgehead atoms. The number of hydrogen-bond donors (Lipinski definition) is 1. The van der Waals surface area contributed by atoms with Crippen LogP contribution in [0, 0.1) is 5.92 Å². The molecule has 0 spiro atoms. The van der Waals surface area contributed by atoms with Crippen LogP contribution < -0.4 is 12.4 Å². The number of carbonyl (C=O) groups excluding carboxylic acids is 1. The highest BCUT2D eigenvalue weighted by Gasteiger charge is 2.43. The van der Waals surface area contributed by atoms with Gasteiger partial charge in [0, 0.05) is 6.42 Å². The molecule has 4 nitrogen and oxygen atoms in total. The van der Waals surface area contributed by atoms with Gasteiger partial charge in [0.05, 0.1) is 33.7 Å². The van der Waals surface area contributed by atoms with Crippen LogP contribution in [0.3, 0.4) is 0 Å². The maximum atomic E-state index is 11.7. The smallest absolute Gasteiger partial charge is 0.311 e. The first kappa shape index (κ1) is 16.7. The number of nitrogens with zero attached hydrogens (tertiary/aromatic N) is 1. The van der Waals surface area contributed by atoms with E-state index in [1.807, 2.05) is 0 Å². The largest absolute Gasteiger partial charge is 1.00 e. The molecule has 0 aromatic heterocycles. The third-order valence-electron chi connectivity index (χ3n) is 3.41. The molecule has 3 atom stereocenters. The van der Waals surface area contributed by atoms with Crippen molar-refractivity contribution in [3.05, 3.63) is 0 Å². The van der Waals surface area contributed by atoms with E-state index >= 15 is 0 Å². The third-order valence-corrected chi connectivity index (χ3v) is 3.41. The molecule has 0 unspecified atom stereocenters. The van der Waals surface area contributed by atoms with Gasteiger partial charge in [0.15, 0.2) is 0 Å². The zero-order valence-corrected chi connectivity index (χ0v) is 11.9. The van der Waals surface area contributed by atoms with Crippen molar-refractivity contribution in [3.63, 3.8) is 0 Å². The second kappa shape index (κ2) is 6.57. The zero-order chi connectivity index (χ0) is 12.3. The lowest BCUT2D eigenvalue weighted by Gasteiger charge is -2.42. The van der Waals surface area contributed by atoms with E-state index in [9.17, 15) is 9.90 Å². The Balaban J connectivity index is 0.00000256. The molecule has 0 radical (unpaired) electrons. The molecule has 0 heterocycles. The predicted molar refractivity (Wildman–Crippen MR) is 61.8 cm³/mol. The van der Waals surface area contributed by atoms with Crippen LogP contribution in [0.5, 0.6) is 0 Å². The molecule has 1 aliphatic carbocycles. The minimum absolute atomic E-state index is 0. The molecule has 1 saturated carbocycles. The molecule has 0 aromatic rings. The Morgan fingerprint density at radius 3 is 2.41 bits per heavy atom. The first-order valence-corrected chi connectivity index (χ1v) is 6.03. The van der Waals surface area contributed by atoms with Gasteiger partial charge >= 0.3 is 5.97 Å². The van der Waals surface area contributed by atoms with Crippen LogP contribution in [0.2, 0.25) is 0 Å². The summed E-state index contributed by atoms with van der Waals surface area (Å²) in [6.45, 7) is 2.18. The molecule has 17 heavy (non-hydrogen) atoms. The first-order valence-electron chi connectivity index (χ1n) is 6.03. The van der Waals surface area contributed by atoms with Crippen LogP contribution in [0.4, 0.5) is 0 Å².